The second-order valence-corrected chi connectivity index (χ2v) is 8.44. The van der Waals surface area contributed by atoms with Gasteiger partial charge in [-0.15, -0.1) is 0 Å². The number of esters is 1. The van der Waals surface area contributed by atoms with Crippen LogP contribution in [-0.2, 0) is 9.53 Å². The molecule has 0 bridgehead atoms. The van der Waals surface area contributed by atoms with Crippen molar-refractivity contribution in [2.24, 2.45) is 4.99 Å². The molecule has 2 aromatic heterocycles. The fourth-order valence-electron chi connectivity index (χ4n) is 3.85. The number of thiazole rings is 1. The fraction of sp³-hybridized carbons (Fsp3) is 0.280. The highest BCUT2D eigenvalue weighted by molar-refractivity contribution is 7.07. The summed E-state index contributed by atoms with van der Waals surface area (Å²) >= 11 is 1.27. The molecule has 0 fully saturated rings. The van der Waals surface area contributed by atoms with E-state index in [4.69, 9.17) is 14.2 Å². The van der Waals surface area contributed by atoms with Crippen LogP contribution >= 0.6 is 11.3 Å². The van der Waals surface area contributed by atoms with Crippen molar-refractivity contribution < 1.29 is 19.0 Å². The molecule has 0 saturated heterocycles. The minimum Gasteiger partial charge on any atom is -0.493 e. The lowest BCUT2D eigenvalue weighted by atomic mass is 9.95. The zero-order valence-electron chi connectivity index (χ0n) is 19.4. The average Bonchev–Trinajstić information content (AvgIpc) is 3.13. The number of allylic oxidation sites excluding steroid dienone is 1. The lowest BCUT2D eigenvalue weighted by Gasteiger charge is -2.25. The molecule has 0 radical (unpaired) electrons. The number of aromatic nitrogens is 2. The normalized spacial score (nSPS) is 15.5. The maximum atomic E-state index is 13.6. The van der Waals surface area contributed by atoms with Gasteiger partial charge in [0.15, 0.2) is 16.3 Å². The summed E-state index contributed by atoms with van der Waals surface area (Å²) in [6.45, 7) is 6.02. The number of carbonyl (C=O) groups excluding carboxylic acids is 1. The molecule has 0 spiro atoms. The Bertz CT molecular complexity index is 1420. The molecule has 176 valence electrons. The number of ether oxygens (including phenoxy) is 3. The molecule has 0 N–H and O–H groups in total. The van der Waals surface area contributed by atoms with Gasteiger partial charge in [0.1, 0.15) is 0 Å². The van der Waals surface area contributed by atoms with Crippen LogP contribution in [0.1, 0.15) is 37.9 Å². The van der Waals surface area contributed by atoms with Crippen molar-refractivity contribution in [3.63, 3.8) is 0 Å². The lowest BCUT2D eigenvalue weighted by Crippen LogP contribution is -2.40. The van der Waals surface area contributed by atoms with Gasteiger partial charge in [-0.05, 0) is 56.2 Å². The van der Waals surface area contributed by atoms with Crippen LogP contribution in [0.3, 0.4) is 0 Å². The van der Waals surface area contributed by atoms with E-state index in [1.807, 2.05) is 19.1 Å². The zero-order chi connectivity index (χ0) is 24.2. The lowest BCUT2D eigenvalue weighted by molar-refractivity contribution is -0.139. The third-order valence-electron chi connectivity index (χ3n) is 5.30. The number of pyridine rings is 1. The molecule has 0 aliphatic carbocycles. The first-order valence-corrected chi connectivity index (χ1v) is 11.7. The zero-order valence-corrected chi connectivity index (χ0v) is 20.2. The second-order valence-electron chi connectivity index (χ2n) is 7.43. The van der Waals surface area contributed by atoms with Crippen LogP contribution in [0.25, 0.3) is 6.08 Å². The standard InChI is InChI=1S/C25H25N3O5S/c1-5-32-19-13-17(9-10-18(19)31-4)22-21(24(30)33-6-2)15(3)27-25-28(22)23(29)20(34-25)12-16-8-7-11-26-14-16/h7-14,22H,5-6H2,1-4H3/b20-12-. The van der Waals surface area contributed by atoms with Gasteiger partial charge >= 0.3 is 5.97 Å². The summed E-state index contributed by atoms with van der Waals surface area (Å²) < 4.78 is 18.5. The van der Waals surface area contributed by atoms with Crippen molar-refractivity contribution in [2.45, 2.75) is 26.8 Å². The van der Waals surface area contributed by atoms with Crippen LogP contribution < -0.4 is 24.4 Å². The Hall–Kier alpha value is -3.72. The average molecular weight is 480 g/mol. The molecule has 0 amide bonds. The van der Waals surface area contributed by atoms with Gasteiger partial charge in [-0.25, -0.2) is 9.79 Å². The highest BCUT2D eigenvalue weighted by atomic mass is 32.1. The number of nitrogens with zero attached hydrogens (tertiary/aromatic N) is 3. The van der Waals surface area contributed by atoms with Gasteiger partial charge in [-0.3, -0.25) is 14.3 Å². The van der Waals surface area contributed by atoms with Crippen molar-refractivity contribution in [1.29, 1.82) is 0 Å². The molecule has 1 atom stereocenters. The van der Waals surface area contributed by atoms with E-state index in [2.05, 4.69) is 9.98 Å². The van der Waals surface area contributed by atoms with Gasteiger partial charge in [-0.1, -0.05) is 23.5 Å². The van der Waals surface area contributed by atoms with Crippen LogP contribution in [0.2, 0.25) is 0 Å². The Morgan fingerprint density at radius 3 is 2.71 bits per heavy atom. The summed E-state index contributed by atoms with van der Waals surface area (Å²) in [5, 5.41) is 0. The molecule has 9 heteroatoms. The molecule has 0 saturated carbocycles. The van der Waals surface area contributed by atoms with Crippen molar-refractivity contribution in [3.8, 4) is 11.5 Å². The number of hydrogen-bond donors (Lipinski definition) is 0. The summed E-state index contributed by atoms with van der Waals surface area (Å²) in [5.74, 6) is 0.579. The molecule has 1 unspecified atom stereocenters. The van der Waals surface area contributed by atoms with E-state index in [0.717, 1.165) is 5.56 Å². The van der Waals surface area contributed by atoms with Gasteiger partial charge in [0.05, 0.1) is 42.2 Å². The van der Waals surface area contributed by atoms with Crippen LogP contribution in [0.15, 0.2) is 63.8 Å². The number of benzene rings is 1. The minimum absolute atomic E-state index is 0.209. The van der Waals surface area contributed by atoms with E-state index >= 15 is 0 Å². The fourth-order valence-corrected chi connectivity index (χ4v) is 4.90. The summed E-state index contributed by atoms with van der Waals surface area (Å²) in [5.41, 5.74) is 2.06. The van der Waals surface area contributed by atoms with E-state index in [-0.39, 0.29) is 12.2 Å². The highest BCUT2D eigenvalue weighted by Crippen LogP contribution is 2.36. The molecule has 8 nitrogen and oxygen atoms in total. The maximum Gasteiger partial charge on any atom is 0.338 e. The SMILES string of the molecule is CCOC(=O)C1=C(C)N=c2s/c(=C\c3cccnc3)c(=O)n2C1c1ccc(OC)c(OCC)c1. The first kappa shape index (κ1) is 23.4. The Morgan fingerprint density at radius 1 is 1.21 bits per heavy atom. The largest absolute Gasteiger partial charge is 0.493 e. The molecule has 34 heavy (non-hydrogen) atoms. The Kier molecular flexibility index (Phi) is 6.93. The summed E-state index contributed by atoms with van der Waals surface area (Å²) in [6.07, 6.45) is 5.13. The summed E-state index contributed by atoms with van der Waals surface area (Å²) in [6, 6.07) is 8.34. The highest BCUT2D eigenvalue weighted by Gasteiger charge is 2.33. The van der Waals surface area contributed by atoms with Gasteiger partial charge < -0.3 is 14.2 Å². The van der Waals surface area contributed by atoms with Crippen molar-refractivity contribution >= 4 is 23.4 Å². The quantitative estimate of drug-likeness (QED) is 0.484. The Balaban J connectivity index is 1.97. The monoisotopic (exact) mass is 479 g/mol. The van der Waals surface area contributed by atoms with Crippen molar-refractivity contribution in [3.05, 3.63) is 84.8 Å². The van der Waals surface area contributed by atoms with Crippen LogP contribution in [0.4, 0.5) is 0 Å². The third kappa shape index (κ3) is 4.38. The van der Waals surface area contributed by atoms with E-state index in [1.54, 1.807) is 62.2 Å². The molecule has 3 aromatic rings. The van der Waals surface area contributed by atoms with Gasteiger partial charge in [0.25, 0.3) is 5.56 Å². The number of rotatable bonds is 7. The maximum absolute atomic E-state index is 13.6. The van der Waals surface area contributed by atoms with Gasteiger partial charge in [-0.2, -0.15) is 0 Å². The molecular formula is C25H25N3O5S. The number of methoxy groups -OCH3 is 1. The number of hydrogen-bond acceptors (Lipinski definition) is 8. The predicted octanol–water partition coefficient (Wildman–Crippen LogP) is 2.60. The molecule has 1 aromatic carbocycles. The first-order valence-electron chi connectivity index (χ1n) is 10.9. The second kappa shape index (κ2) is 10.0. The smallest absolute Gasteiger partial charge is 0.338 e. The molecular weight excluding hydrogens is 454 g/mol. The van der Waals surface area contributed by atoms with E-state index < -0.39 is 12.0 Å². The van der Waals surface area contributed by atoms with Crippen molar-refractivity contribution in [2.75, 3.05) is 20.3 Å². The minimum atomic E-state index is -0.725. The van der Waals surface area contributed by atoms with Gasteiger partial charge in [0, 0.05) is 12.4 Å². The summed E-state index contributed by atoms with van der Waals surface area (Å²) in [4.78, 5) is 35.8. The Morgan fingerprint density at radius 2 is 2.03 bits per heavy atom. The van der Waals surface area contributed by atoms with E-state index in [1.165, 1.54) is 11.3 Å². The Labute approximate surface area is 200 Å². The topological polar surface area (TPSA) is 92.0 Å². The third-order valence-corrected chi connectivity index (χ3v) is 6.29. The predicted molar refractivity (Wildman–Crippen MR) is 129 cm³/mol. The first-order chi connectivity index (χ1) is 16.5. The van der Waals surface area contributed by atoms with E-state index in [9.17, 15) is 9.59 Å². The van der Waals surface area contributed by atoms with Crippen molar-refractivity contribution in [1.82, 2.24) is 9.55 Å². The van der Waals surface area contributed by atoms with Crippen LogP contribution in [0, 0.1) is 0 Å². The van der Waals surface area contributed by atoms with Gasteiger partial charge in [0.2, 0.25) is 0 Å². The number of fused-ring (bicyclic) bond motifs is 1. The molecule has 1 aliphatic rings. The number of carbonyl (C=O) groups is 1. The molecule has 3 heterocycles. The molecule has 1 aliphatic heterocycles. The van der Waals surface area contributed by atoms with E-state index in [0.29, 0.717) is 44.3 Å². The molecule has 4 rings (SSSR count). The summed E-state index contributed by atoms with van der Waals surface area (Å²) in [7, 11) is 1.56. The van der Waals surface area contributed by atoms with Crippen LogP contribution in [0.5, 0.6) is 11.5 Å². The van der Waals surface area contributed by atoms with Crippen LogP contribution in [-0.4, -0.2) is 35.8 Å².